The summed E-state index contributed by atoms with van der Waals surface area (Å²) in [7, 11) is -1.40. The first-order valence-electron chi connectivity index (χ1n) is 9.72. The Balaban J connectivity index is 2.06. The van der Waals surface area contributed by atoms with Crippen molar-refractivity contribution in [1.29, 1.82) is 0 Å². The standard InChI is InChI=1S/C20H38O2Si/c1-5-6-7-8-9-10-11-12-13-14-15-19(21)18-16-20(22-17-18)23(2,3)4/h16-17,19,21H,5-15H2,1-4H3. The Kier molecular flexibility index (Phi) is 9.88. The molecule has 0 bridgehead atoms. The SMILES string of the molecule is CCCCCCCCCCCCC(O)c1coc([Si](C)(C)C)c1. The minimum absolute atomic E-state index is 0.349. The van der Waals surface area contributed by atoms with Crippen LogP contribution >= 0.6 is 0 Å². The van der Waals surface area contributed by atoms with E-state index in [0.29, 0.717) is 0 Å². The molecule has 1 heterocycles. The van der Waals surface area contributed by atoms with E-state index in [2.05, 4.69) is 32.6 Å². The lowest BCUT2D eigenvalue weighted by Gasteiger charge is -2.11. The molecule has 1 aromatic rings. The molecule has 0 aliphatic heterocycles. The van der Waals surface area contributed by atoms with E-state index in [-0.39, 0.29) is 6.10 Å². The minimum Gasteiger partial charge on any atom is -0.474 e. The van der Waals surface area contributed by atoms with Crippen molar-refractivity contribution < 1.29 is 9.52 Å². The normalized spacial score (nSPS) is 13.4. The van der Waals surface area contributed by atoms with Gasteiger partial charge in [0.05, 0.1) is 17.8 Å². The van der Waals surface area contributed by atoms with Gasteiger partial charge in [0.1, 0.15) is 8.07 Å². The Hall–Kier alpha value is -0.543. The number of unbranched alkanes of at least 4 members (excludes halogenated alkanes) is 9. The highest BCUT2D eigenvalue weighted by molar-refractivity contribution is 6.87. The van der Waals surface area contributed by atoms with Crippen LogP contribution in [0, 0.1) is 0 Å². The summed E-state index contributed by atoms with van der Waals surface area (Å²) in [6, 6.07) is 2.08. The van der Waals surface area contributed by atoms with Gasteiger partial charge in [-0.05, 0) is 12.5 Å². The molecular weight excluding hydrogens is 300 g/mol. The Morgan fingerprint density at radius 3 is 1.91 bits per heavy atom. The third-order valence-corrected chi connectivity index (χ3v) is 6.32. The molecule has 0 fully saturated rings. The maximum Gasteiger partial charge on any atom is 0.123 e. The third kappa shape index (κ3) is 8.76. The lowest BCUT2D eigenvalue weighted by molar-refractivity contribution is 0.162. The zero-order chi connectivity index (χ0) is 17.1. The van der Waals surface area contributed by atoms with Gasteiger partial charge < -0.3 is 9.52 Å². The zero-order valence-electron chi connectivity index (χ0n) is 15.9. The van der Waals surface area contributed by atoms with Crippen LogP contribution in [0.15, 0.2) is 16.7 Å². The van der Waals surface area contributed by atoms with Gasteiger partial charge >= 0.3 is 0 Å². The number of aliphatic hydroxyl groups is 1. The summed E-state index contributed by atoms with van der Waals surface area (Å²) in [5.41, 5.74) is 0.971. The lowest BCUT2D eigenvalue weighted by Crippen LogP contribution is -2.36. The summed E-state index contributed by atoms with van der Waals surface area (Å²) in [5.74, 6) is 0. The molecule has 0 amide bonds. The van der Waals surface area contributed by atoms with E-state index >= 15 is 0 Å². The number of hydrogen-bond acceptors (Lipinski definition) is 2. The smallest absolute Gasteiger partial charge is 0.123 e. The Labute approximate surface area is 144 Å². The number of hydrogen-bond donors (Lipinski definition) is 1. The summed E-state index contributed by atoms with van der Waals surface area (Å²) in [5, 5.41) is 11.4. The molecule has 0 spiro atoms. The van der Waals surface area contributed by atoms with Crippen LogP contribution in [0.4, 0.5) is 0 Å². The molecule has 0 aliphatic carbocycles. The molecule has 1 rings (SSSR count). The number of rotatable bonds is 13. The first kappa shape index (κ1) is 20.5. The van der Waals surface area contributed by atoms with Gasteiger partial charge in [-0.25, -0.2) is 0 Å². The highest BCUT2D eigenvalue weighted by Crippen LogP contribution is 2.21. The molecule has 0 radical (unpaired) electrons. The second-order valence-electron chi connectivity index (χ2n) is 7.98. The van der Waals surface area contributed by atoms with Gasteiger partial charge in [-0.1, -0.05) is 90.8 Å². The molecule has 0 aliphatic rings. The average Bonchev–Trinajstić information content (AvgIpc) is 2.99. The summed E-state index contributed by atoms with van der Waals surface area (Å²) in [6.45, 7) is 9.07. The monoisotopic (exact) mass is 338 g/mol. The lowest BCUT2D eigenvalue weighted by atomic mass is 10.0. The van der Waals surface area contributed by atoms with Crippen molar-refractivity contribution in [2.24, 2.45) is 0 Å². The summed E-state index contributed by atoms with van der Waals surface area (Å²) in [4.78, 5) is 0. The second-order valence-corrected chi connectivity index (χ2v) is 13.0. The molecule has 0 saturated heterocycles. The van der Waals surface area contributed by atoms with Gasteiger partial charge in [-0.3, -0.25) is 0 Å². The van der Waals surface area contributed by atoms with Crippen molar-refractivity contribution in [3.8, 4) is 0 Å². The van der Waals surface area contributed by atoms with Gasteiger partial charge in [-0.2, -0.15) is 0 Å². The topological polar surface area (TPSA) is 33.4 Å². The van der Waals surface area contributed by atoms with Crippen molar-refractivity contribution in [3.63, 3.8) is 0 Å². The first-order valence-corrected chi connectivity index (χ1v) is 13.2. The molecule has 2 nitrogen and oxygen atoms in total. The van der Waals surface area contributed by atoms with Crippen LogP contribution in [0.2, 0.25) is 19.6 Å². The molecule has 23 heavy (non-hydrogen) atoms. The highest BCUT2D eigenvalue weighted by atomic mass is 28.3. The molecule has 3 heteroatoms. The number of furan rings is 1. The highest BCUT2D eigenvalue weighted by Gasteiger charge is 2.22. The van der Waals surface area contributed by atoms with Crippen LogP contribution in [-0.4, -0.2) is 13.2 Å². The molecule has 0 aromatic carbocycles. The average molecular weight is 339 g/mol. The Bertz CT molecular complexity index is 406. The maximum absolute atomic E-state index is 10.3. The molecule has 134 valence electrons. The van der Waals surface area contributed by atoms with E-state index < -0.39 is 8.07 Å². The van der Waals surface area contributed by atoms with E-state index in [1.807, 2.05) is 0 Å². The van der Waals surface area contributed by atoms with E-state index in [9.17, 15) is 5.11 Å². The van der Waals surface area contributed by atoms with Crippen LogP contribution < -0.4 is 5.38 Å². The predicted molar refractivity (Wildman–Crippen MR) is 103 cm³/mol. The van der Waals surface area contributed by atoms with Crippen molar-refractivity contribution in [1.82, 2.24) is 0 Å². The fourth-order valence-corrected chi connectivity index (χ4v) is 3.92. The minimum atomic E-state index is -1.40. The van der Waals surface area contributed by atoms with Crippen molar-refractivity contribution in [2.45, 2.75) is 103 Å². The van der Waals surface area contributed by atoms with Crippen molar-refractivity contribution >= 4 is 13.5 Å². The van der Waals surface area contributed by atoms with Crippen molar-refractivity contribution in [2.75, 3.05) is 0 Å². The Morgan fingerprint density at radius 2 is 1.43 bits per heavy atom. The molecule has 0 saturated carbocycles. The Morgan fingerprint density at radius 1 is 0.913 bits per heavy atom. The summed E-state index contributed by atoms with van der Waals surface area (Å²) >= 11 is 0. The first-order chi connectivity index (χ1) is 10.9. The summed E-state index contributed by atoms with van der Waals surface area (Å²) in [6.07, 6.45) is 15.6. The largest absolute Gasteiger partial charge is 0.474 e. The fourth-order valence-electron chi connectivity index (χ4n) is 2.91. The van der Waals surface area contributed by atoms with Gasteiger partial charge in [0.2, 0.25) is 0 Å². The van der Waals surface area contributed by atoms with Crippen LogP contribution in [-0.2, 0) is 0 Å². The third-order valence-electron chi connectivity index (χ3n) is 4.57. The number of aliphatic hydroxyl groups excluding tert-OH is 1. The summed E-state index contributed by atoms with van der Waals surface area (Å²) < 4.78 is 5.65. The van der Waals surface area contributed by atoms with E-state index in [1.54, 1.807) is 6.26 Å². The predicted octanol–water partition coefficient (Wildman–Crippen LogP) is 6.17. The molecule has 1 N–H and O–H groups in total. The van der Waals surface area contributed by atoms with Crippen LogP contribution in [0.5, 0.6) is 0 Å². The maximum atomic E-state index is 10.3. The second kappa shape index (κ2) is 11.1. The van der Waals surface area contributed by atoms with E-state index in [1.165, 1.54) is 57.8 Å². The van der Waals surface area contributed by atoms with Crippen LogP contribution in [0.1, 0.15) is 89.2 Å². The van der Waals surface area contributed by atoms with Crippen LogP contribution in [0.25, 0.3) is 0 Å². The fraction of sp³-hybridized carbons (Fsp3) is 0.800. The molecule has 1 atom stereocenters. The molecule has 1 aromatic heterocycles. The van der Waals surface area contributed by atoms with Gasteiger partial charge in [-0.15, -0.1) is 0 Å². The van der Waals surface area contributed by atoms with E-state index in [0.717, 1.165) is 23.8 Å². The van der Waals surface area contributed by atoms with Gasteiger partial charge in [0.15, 0.2) is 0 Å². The molecule has 1 unspecified atom stereocenters. The molecular formula is C20H38O2Si. The zero-order valence-corrected chi connectivity index (χ0v) is 16.9. The van der Waals surface area contributed by atoms with Crippen molar-refractivity contribution in [3.05, 3.63) is 17.9 Å². The van der Waals surface area contributed by atoms with Gasteiger partial charge in [0.25, 0.3) is 0 Å². The van der Waals surface area contributed by atoms with Gasteiger partial charge in [0, 0.05) is 5.56 Å². The quantitative estimate of drug-likeness (QED) is 0.344. The van der Waals surface area contributed by atoms with Crippen LogP contribution in [0.3, 0.4) is 0 Å². The van der Waals surface area contributed by atoms with E-state index in [4.69, 9.17) is 4.42 Å².